The van der Waals surface area contributed by atoms with Crippen LogP contribution in [0.1, 0.15) is 30.4 Å². The van der Waals surface area contributed by atoms with Gasteiger partial charge in [-0.25, -0.2) is 4.98 Å². The van der Waals surface area contributed by atoms with E-state index in [0.29, 0.717) is 5.95 Å². The van der Waals surface area contributed by atoms with E-state index in [1.807, 2.05) is 0 Å². The maximum atomic E-state index is 6.10. The Bertz CT molecular complexity index is 943. The lowest BCUT2D eigenvalue weighted by molar-refractivity contribution is 0.309. The Balaban J connectivity index is 1.38. The number of nitrogens with zero attached hydrogens (tertiary/aromatic N) is 5. The van der Waals surface area contributed by atoms with Crippen LogP contribution < -0.4 is 10.6 Å². The Morgan fingerprint density at radius 3 is 2.63 bits per heavy atom. The van der Waals surface area contributed by atoms with Crippen molar-refractivity contribution >= 4 is 11.8 Å². The summed E-state index contributed by atoms with van der Waals surface area (Å²) in [4.78, 5) is 16.2. The van der Waals surface area contributed by atoms with Crippen LogP contribution in [0.3, 0.4) is 0 Å². The van der Waals surface area contributed by atoms with Crippen LogP contribution in [0.4, 0.5) is 11.8 Å². The van der Waals surface area contributed by atoms with E-state index in [1.54, 1.807) is 0 Å². The first kappa shape index (κ1) is 19.4. The number of allylic oxidation sites excluding steroid dienone is 1. The number of fused-ring (bicyclic) bond motifs is 1. The average molecular weight is 405 g/mol. The molecule has 1 aromatic heterocycles. The van der Waals surface area contributed by atoms with Crippen LogP contribution in [0.5, 0.6) is 0 Å². The Kier molecular flexibility index (Phi) is 5.11. The van der Waals surface area contributed by atoms with Crippen LogP contribution in [-0.2, 0) is 13.0 Å². The standard InChI is InChI=1S/C24H32N6/c1-17(13-18-3-4-18)30-8-7-19-5-6-20(14-21(19)16-30)22-15-23(27-24(25)26-22)29-11-9-28(2)10-12-29/h5-6,14-15,18H,1,3-4,7-13,16H2,2H3,(H2,25,26,27). The maximum absolute atomic E-state index is 6.10. The highest BCUT2D eigenvalue weighted by Crippen LogP contribution is 2.37. The van der Waals surface area contributed by atoms with Gasteiger partial charge in [-0.3, -0.25) is 0 Å². The summed E-state index contributed by atoms with van der Waals surface area (Å²) in [5.74, 6) is 2.16. The molecule has 0 atom stereocenters. The fraction of sp³-hybridized carbons (Fsp3) is 0.500. The van der Waals surface area contributed by atoms with Crippen molar-refractivity contribution in [3.63, 3.8) is 0 Å². The van der Waals surface area contributed by atoms with Crippen molar-refractivity contribution in [2.45, 2.75) is 32.2 Å². The first-order valence-electron chi connectivity index (χ1n) is 11.2. The van der Waals surface area contributed by atoms with Crippen LogP contribution in [-0.4, -0.2) is 59.5 Å². The van der Waals surface area contributed by atoms with Gasteiger partial charge in [-0.15, -0.1) is 0 Å². The van der Waals surface area contributed by atoms with E-state index in [2.05, 4.69) is 62.6 Å². The maximum Gasteiger partial charge on any atom is 0.222 e. The minimum atomic E-state index is 0.346. The lowest BCUT2D eigenvalue weighted by Gasteiger charge is -2.33. The van der Waals surface area contributed by atoms with E-state index < -0.39 is 0 Å². The molecule has 2 aliphatic heterocycles. The number of benzene rings is 1. The zero-order chi connectivity index (χ0) is 20.7. The number of likely N-dealkylation sites (N-methyl/N-ethyl adjacent to an activating group) is 1. The Labute approximate surface area is 179 Å². The van der Waals surface area contributed by atoms with Crippen molar-refractivity contribution < 1.29 is 0 Å². The molecule has 6 heteroatoms. The first-order valence-corrected chi connectivity index (χ1v) is 11.2. The smallest absolute Gasteiger partial charge is 0.222 e. The van der Waals surface area contributed by atoms with E-state index >= 15 is 0 Å². The molecule has 1 aromatic carbocycles. The van der Waals surface area contributed by atoms with Gasteiger partial charge in [-0.05, 0) is 55.8 Å². The number of hydrogen-bond acceptors (Lipinski definition) is 6. The Morgan fingerprint density at radius 1 is 1.07 bits per heavy atom. The first-order chi connectivity index (χ1) is 14.5. The highest BCUT2D eigenvalue weighted by Gasteiger charge is 2.26. The number of anilines is 2. The minimum Gasteiger partial charge on any atom is -0.371 e. The summed E-state index contributed by atoms with van der Waals surface area (Å²) in [6.07, 6.45) is 4.99. The molecule has 0 bridgehead atoms. The van der Waals surface area contributed by atoms with Crippen molar-refractivity contribution in [1.82, 2.24) is 19.8 Å². The van der Waals surface area contributed by atoms with Gasteiger partial charge in [0.25, 0.3) is 0 Å². The molecule has 6 nitrogen and oxygen atoms in total. The second-order valence-electron chi connectivity index (χ2n) is 9.13. The zero-order valence-corrected chi connectivity index (χ0v) is 18.0. The lowest BCUT2D eigenvalue weighted by atomic mass is 9.95. The molecule has 0 unspecified atom stereocenters. The summed E-state index contributed by atoms with van der Waals surface area (Å²) >= 11 is 0. The summed E-state index contributed by atoms with van der Waals surface area (Å²) in [5.41, 5.74) is 12.3. The largest absolute Gasteiger partial charge is 0.371 e. The number of rotatable bonds is 5. The van der Waals surface area contributed by atoms with Crippen molar-refractivity contribution in [3.05, 3.63) is 47.7 Å². The van der Waals surface area contributed by atoms with Crippen LogP contribution in [0.25, 0.3) is 11.3 Å². The van der Waals surface area contributed by atoms with Gasteiger partial charge in [-0.1, -0.05) is 18.7 Å². The van der Waals surface area contributed by atoms with E-state index in [-0.39, 0.29) is 0 Å². The second kappa shape index (κ2) is 7.91. The topological polar surface area (TPSA) is 61.5 Å². The van der Waals surface area contributed by atoms with Crippen molar-refractivity contribution in [2.24, 2.45) is 5.92 Å². The van der Waals surface area contributed by atoms with Gasteiger partial charge in [-0.2, -0.15) is 4.98 Å². The van der Waals surface area contributed by atoms with Crippen LogP contribution in [0.2, 0.25) is 0 Å². The molecule has 0 radical (unpaired) electrons. The van der Waals surface area contributed by atoms with Gasteiger partial charge < -0.3 is 20.4 Å². The summed E-state index contributed by atoms with van der Waals surface area (Å²) < 4.78 is 0. The Morgan fingerprint density at radius 2 is 1.87 bits per heavy atom. The molecular formula is C24H32N6. The number of nitrogens with two attached hydrogens (primary N) is 1. The molecule has 0 spiro atoms. The summed E-state index contributed by atoms with van der Waals surface area (Å²) in [6.45, 7) is 10.4. The predicted molar refractivity (Wildman–Crippen MR) is 122 cm³/mol. The number of hydrogen-bond donors (Lipinski definition) is 1. The third kappa shape index (κ3) is 4.15. The average Bonchev–Trinajstić information content (AvgIpc) is 3.57. The summed E-state index contributed by atoms with van der Waals surface area (Å²) in [6, 6.07) is 8.83. The molecule has 2 N–H and O–H groups in total. The molecule has 1 aliphatic carbocycles. The van der Waals surface area contributed by atoms with Gasteiger partial charge in [0.2, 0.25) is 5.95 Å². The minimum absolute atomic E-state index is 0.346. The lowest BCUT2D eigenvalue weighted by Crippen LogP contribution is -2.44. The second-order valence-corrected chi connectivity index (χ2v) is 9.13. The highest BCUT2D eigenvalue weighted by atomic mass is 15.3. The molecule has 5 rings (SSSR count). The van der Waals surface area contributed by atoms with Crippen LogP contribution >= 0.6 is 0 Å². The third-order valence-corrected chi connectivity index (χ3v) is 6.74. The number of aromatic nitrogens is 2. The molecule has 1 saturated carbocycles. The van der Waals surface area contributed by atoms with E-state index in [4.69, 9.17) is 5.73 Å². The van der Waals surface area contributed by atoms with Crippen molar-refractivity contribution in [1.29, 1.82) is 0 Å². The van der Waals surface area contributed by atoms with Crippen LogP contribution in [0, 0.1) is 5.92 Å². The highest BCUT2D eigenvalue weighted by molar-refractivity contribution is 5.66. The third-order valence-electron chi connectivity index (χ3n) is 6.74. The number of nitrogen functional groups attached to an aromatic ring is 1. The van der Waals surface area contributed by atoms with Gasteiger partial charge in [0, 0.05) is 56.6 Å². The molecule has 30 heavy (non-hydrogen) atoms. The fourth-order valence-electron chi connectivity index (χ4n) is 4.57. The Hall–Kier alpha value is -2.60. The quantitative estimate of drug-likeness (QED) is 0.826. The molecule has 3 heterocycles. The molecule has 158 valence electrons. The van der Waals surface area contributed by atoms with Crippen molar-refractivity contribution in [3.8, 4) is 11.3 Å². The van der Waals surface area contributed by atoms with Gasteiger partial charge in [0.15, 0.2) is 0 Å². The zero-order valence-electron chi connectivity index (χ0n) is 18.0. The normalized spacial score (nSPS) is 19.6. The molecule has 0 amide bonds. The molecule has 2 fully saturated rings. The van der Waals surface area contributed by atoms with E-state index in [1.165, 1.54) is 29.7 Å². The molecular weight excluding hydrogens is 372 g/mol. The van der Waals surface area contributed by atoms with Crippen molar-refractivity contribution in [2.75, 3.05) is 50.4 Å². The van der Waals surface area contributed by atoms with E-state index in [0.717, 1.165) is 75.1 Å². The monoisotopic (exact) mass is 404 g/mol. The predicted octanol–water partition coefficient (Wildman–Crippen LogP) is 3.15. The molecule has 3 aliphatic rings. The SMILES string of the molecule is C=C(CC1CC1)N1CCc2ccc(-c3cc(N4CCN(C)CC4)nc(N)n3)cc2C1. The number of piperazine rings is 1. The summed E-state index contributed by atoms with van der Waals surface area (Å²) in [7, 11) is 2.16. The van der Waals surface area contributed by atoms with Gasteiger partial charge >= 0.3 is 0 Å². The van der Waals surface area contributed by atoms with E-state index in [9.17, 15) is 0 Å². The van der Waals surface area contributed by atoms with Crippen LogP contribution in [0.15, 0.2) is 36.5 Å². The molecule has 2 aromatic rings. The van der Waals surface area contributed by atoms with Gasteiger partial charge in [0.05, 0.1) is 5.69 Å². The fourth-order valence-corrected chi connectivity index (χ4v) is 4.57. The summed E-state index contributed by atoms with van der Waals surface area (Å²) in [5, 5.41) is 0. The molecule has 1 saturated heterocycles. The van der Waals surface area contributed by atoms with Gasteiger partial charge in [0.1, 0.15) is 5.82 Å².